The van der Waals surface area contributed by atoms with Crippen LogP contribution in [0, 0.1) is 12.8 Å². The van der Waals surface area contributed by atoms with Crippen LogP contribution in [0.5, 0.6) is 0 Å². The maximum atomic E-state index is 4.59. The fourth-order valence-electron chi connectivity index (χ4n) is 4.47. The summed E-state index contributed by atoms with van der Waals surface area (Å²) in [5, 5.41) is 4.70. The standard InChI is InChI=1S/C20H23N5S/c1-12-19(14-5-7-25(12)8-6-14)24-20-21-10-16(11-22-20)15-3-4-18-17(9-15)23-13(2)26-18/h3-4,9-12,14,19H,5-8H2,1-2H3,(H,21,22,24)/t12-,19-/m1/s1. The van der Waals surface area contributed by atoms with E-state index in [4.69, 9.17) is 0 Å². The van der Waals surface area contributed by atoms with Gasteiger partial charge in [0.25, 0.3) is 0 Å². The minimum atomic E-state index is 0.456. The molecule has 0 radical (unpaired) electrons. The Bertz CT molecular complexity index is 925. The van der Waals surface area contributed by atoms with Crippen LogP contribution in [-0.2, 0) is 0 Å². The number of hydrogen-bond acceptors (Lipinski definition) is 6. The van der Waals surface area contributed by atoms with E-state index >= 15 is 0 Å². The molecule has 1 aromatic carbocycles. The maximum absolute atomic E-state index is 4.59. The van der Waals surface area contributed by atoms with Gasteiger partial charge in [0.2, 0.25) is 5.95 Å². The first-order valence-electron chi connectivity index (χ1n) is 9.37. The molecule has 6 heteroatoms. The van der Waals surface area contributed by atoms with Crippen LogP contribution in [0.1, 0.15) is 24.8 Å². The fraction of sp³-hybridized carbons (Fsp3) is 0.450. The van der Waals surface area contributed by atoms with Gasteiger partial charge in [-0.25, -0.2) is 15.0 Å². The van der Waals surface area contributed by atoms with E-state index in [1.807, 2.05) is 19.3 Å². The normalized spacial score (nSPS) is 27.8. The molecule has 6 rings (SSSR count). The van der Waals surface area contributed by atoms with E-state index in [9.17, 15) is 0 Å². The van der Waals surface area contributed by atoms with Gasteiger partial charge in [0.05, 0.1) is 15.2 Å². The lowest BCUT2D eigenvalue weighted by molar-refractivity contribution is 0.0455. The quantitative estimate of drug-likeness (QED) is 0.761. The third-order valence-corrected chi connectivity index (χ3v) is 6.91. The van der Waals surface area contributed by atoms with Crippen molar-refractivity contribution in [2.45, 2.75) is 38.8 Å². The number of thiazole rings is 1. The molecule has 0 unspecified atom stereocenters. The van der Waals surface area contributed by atoms with Crippen LogP contribution in [0.4, 0.5) is 5.95 Å². The van der Waals surface area contributed by atoms with E-state index in [0.29, 0.717) is 12.1 Å². The lowest BCUT2D eigenvalue weighted by Gasteiger charge is -2.49. The topological polar surface area (TPSA) is 53.9 Å². The van der Waals surface area contributed by atoms with Crippen molar-refractivity contribution in [2.75, 3.05) is 18.4 Å². The molecule has 2 bridgehead atoms. The number of piperidine rings is 3. The largest absolute Gasteiger partial charge is 0.350 e. The predicted molar refractivity (Wildman–Crippen MR) is 107 cm³/mol. The van der Waals surface area contributed by atoms with Gasteiger partial charge in [0.1, 0.15) is 0 Å². The van der Waals surface area contributed by atoms with Gasteiger partial charge < -0.3 is 5.32 Å². The van der Waals surface area contributed by atoms with Gasteiger partial charge in [-0.2, -0.15) is 0 Å². The highest BCUT2D eigenvalue weighted by Crippen LogP contribution is 2.33. The molecule has 1 N–H and O–H groups in total. The molecule has 0 aliphatic carbocycles. The molecule has 5 nitrogen and oxygen atoms in total. The minimum absolute atomic E-state index is 0.456. The Labute approximate surface area is 157 Å². The van der Waals surface area contributed by atoms with E-state index in [1.54, 1.807) is 11.3 Å². The van der Waals surface area contributed by atoms with Crippen LogP contribution in [0.2, 0.25) is 0 Å². The summed E-state index contributed by atoms with van der Waals surface area (Å²) in [7, 11) is 0. The molecule has 3 saturated heterocycles. The van der Waals surface area contributed by atoms with Gasteiger partial charge in [-0.15, -0.1) is 11.3 Å². The molecule has 5 heterocycles. The number of hydrogen-bond donors (Lipinski definition) is 1. The van der Waals surface area contributed by atoms with Crippen molar-refractivity contribution in [1.29, 1.82) is 0 Å². The second kappa shape index (κ2) is 6.28. The Kier molecular flexibility index (Phi) is 3.90. The Morgan fingerprint density at radius 3 is 2.62 bits per heavy atom. The number of anilines is 1. The summed E-state index contributed by atoms with van der Waals surface area (Å²) in [6, 6.07) is 7.40. The molecule has 0 saturated carbocycles. The summed E-state index contributed by atoms with van der Waals surface area (Å²) in [5.41, 5.74) is 3.20. The van der Waals surface area contributed by atoms with Crippen molar-refractivity contribution < 1.29 is 0 Å². The van der Waals surface area contributed by atoms with Crippen LogP contribution in [0.25, 0.3) is 21.3 Å². The van der Waals surface area contributed by atoms with E-state index < -0.39 is 0 Å². The Morgan fingerprint density at radius 2 is 1.88 bits per heavy atom. The molecule has 26 heavy (non-hydrogen) atoms. The Morgan fingerprint density at radius 1 is 1.12 bits per heavy atom. The third kappa shape index (κ3) is 2.77. The number of benzene rings is 1. The van der Waals surface area contributed by atoms with Gasteiger partial charge in [0.15, 0.2) is 0 Å². The molecule has 0 amide bonds. The molecule has 2 atom stereocenters. The average Bonchev–Trinajstić information content (AvgIpc) is 3.05. The zero-order valence-electron chi connectivity index (χ0n) is 15.1. The zero-order chi connectivity index (χ0) is 17.7. The minimum Gasteiger partial charge on any atom is -0.350 e. The van der Waals surface area contributed by atoms with Crippen molar-refractivity contribution in [3.8, 4) is 11.1 Å². The second-order valence-corrected chi connectivity index (χ2v) is 8.73. The summed E-state index contributed by atoms with van der Waals surface area (Å²) in [4.78, 5) is 16.4. The summed E-state index contributed by atoms with van der Waals surface area (Å²) in [6.07, 6.45) is 6.41. The molecule has 0 spiro atoms. The molecular formula is C20H23N5S. The van der Waals surface area contributed by atoms with E-state index in [0.717, 1.165) is 33.5 Å². The second-order valence-electron chi connectivity index (χ2n) is 7.49. The lowest BCUT2D eigenvalue weighted by Crippen LogP contribution is -2.59. The van der Waals surface area contributed by atoms with E-state index in [2.05, 4.69) is 50.3 Å². The molecule has 3 fully saturated rings. The van der Waals surface area contributed by atoms with Gasteiger partial charge in [-0.05, 0) is 63.4 Å². The molecule has 3 aromatic rings. The number of fused-ring (bicyclic) bond motifs is 4. The monoisotopic (exact) mass is 365 g/mol. The SMILES string of the molecule is Cc1nc2cc(-c3cnc(N[C@H]4C5CCN(CC5)[C@@H]4C)nc3)ccc2s1. The van der Waals surface area contributed by atoms with Gasteiger partial charge in [0, 0.05) is 30.0 Å². The average molecular weight is 366 g/mol. The number of nitrogens with zero attached hydrogens (tertiary/aromatic N) is 4. The summed E-state index contributed by atoms with van der Waals surface area (Å²) in [6.45, 7) is 6.84. The van der Waals surface area contributed by atoms with Crippen LogP contribution >= 0.6 is 11.3 Å². The molecule has 2 aromatic heterocycles. The van der Waals surface area contributed by atoms with Crippen molar-refractivity contribution in [2.24, 2.45) is 5.92 Å². The number of aromatic nitrogens is 3. The maximum Gasteiger partial charge on any atom is 0.222 e. The lowest BCUT2D eigenvalue weighted by atomic mass is 9.79. The highest BCUT2D eigenvalue weighted by molar-refractivity contribution is 7.18. The molecule has 3 aliphatic heterocycles. The van der Waals surface area contributed by atoms with Crippen molar-refractivity contribution in [3.63, 3.8) is 0 Å². The first-order valence-corrected chi connectivity index (χ1v) is 10.2. The van der Waals surface area contributed by atoms with Crippen molar-refractivity contribution in [1.82, 2.24) is 19.9 Å². The molecule has 3 aliphatic rings. The predicted octanol–water partition coefficient (Wildman–Crippen LogP) is 3.96. The first kappa shape index (κ1) is 16.1. The smallest absolute Gasteiger partial charge is 0.222 e. The molecule has 134 valence electrons. The van der Waals surface area contributed by atoms with E-state index in [-0.39, 0.29) is 0 Å². The van der Waals surface area contributed by atoms with Crippen molar-refractivity contribution in [3.05, 3.63) is 35.6 Å². The highest BCUT2D eigenvalue weighted by Gasteiger charge is 2.39. The summed E-state index contributed by atoms with van der Waals surface area (Å²) < 4.78 is 1.22. The van der Waals surface area contributed by atoms with Crippen LogP contribution in [0.15, 0.2) is 30.6 Å². The highest BCUT2D eigenvalue weighted by atomic mass is 32.1. The number of nitrogens with one attached hydrogen (secondary N) is 1. The number of rotatable bonds is 3. The third-order valence-electron chi connectivity index (χ3n) is 5.95. The summed E-state index contributed by atoms with van der Waals surface area (Å²) >= 11 is 1.73. The summed E-state index contributed by atoms with van der Waals surface area (Å²) in [5.74, 6) is 1.48. The van der Waals surface area contributed by atoms with Crippen LogP contribution < -0.4 is 5.32 Å². The van der Waals surface area contributed by atoms with Crippen LogP contribution in [0.3, 0.4) is 0 Å². The number of aryl methyl sites for hydroxylation is 1. The van der Waals surface area contributed by atoms with Gasteiger partial charge >= 0.3 is 0 Å². The Balaban J connectivity index is 1.36. The zero-order valence-corrected chi connectivity index (χ0v) is 16.0. The first-order chi connectivity index (χ1) is 12.7. The fourth-order valence-corrected chi connectivity index (χ4v) is 5.28. The van der Waals surface area contributed by atoms with Gasteiger partial charge in [-0.1, -0.05) is 6.07 Å². The van der Waals surface area contributed by atoms with Crippen LogP contribution in [-0.4, -0.2) is 45.0 Å². The van der Waals surface area contributed by atoms with Crippen molar-refractivity contribution >= 4 is 27.5 Å². The van der Waals surface area contributed by atoms with E-state index in [1.165, 1.54) is 30.6 Å². The Hall–Kier alpha value is -2.05. The molecular weight excluding hydrogens is 342 g/mol. The van der Waals surface area contributed by atoms with Gasteiger partial charge in [-0.3, -0.25) is 4.90 Å².